The Kier molecular flexibility index (Phi) is 3.84. The van der Waals surface area contributed by atoms with Crippen molar-refractivity contribution in [1.82, 2.24) is 0 Å². The van der Waals surface area contributed by atoms with Crippen molar-refractivity contribution in [2.24, 2.45) is 5.10 Å². The predicted octanol–water partition coefficient (Wildman–Crippen LogP) is 2.63. The van der Waals surface area contributed by atoms with Crippen molar-refractivity contribution in [3.05, 3.63) is 57.9 Å². The molecule has 0 aliphatic heterocycles. The van der Waals surface area contributed by atoms with Gasteiger partial charge in [-0.3, -0.25) is 5.43 Å². The van der Waals surface area contributed by atoms with Crippen molar-refractivity contribution in [1.29, 1.82) is 0 Å². The highest BCUT2D eigenvalue weighted by atomic mass is 19.1. The summed E-state index contributed by atoms with van der Waals surface area (Å²) in [6.07, 6.45) is 0. The van der Waals surface area contributed by atoms with Crippen molar-refractivity contribution >= 4 is 11.4 Å². The van der Waals surface area contributed by atoms with Gasteiger partial charge >= 0.3 is 5.63 Å². The van der Waals surface area contributed by atoms with Crippen molar-refractivity contribution < 1.29 is 13.9 Å². The Hall–Kier alpha value is -2.63. The van der Waals surface area contributed by atoms with Gasteiger partial charge in [0, 0.05) is 6.07 Å². The van der Waals surface area contributed by atoms with E-state index < -0.39 is 11.4 Å². The van der Waals surface area contributed by atoms with Crippen LogP contribution in [-0.4, -0.2) is 10.8 Å². The number of nitrogens with zero attached hydrogens (tertiary/aromatic N) is 1. The summed E-state index contributed by atoms with van der Waals surface area (Å²) in [5.74, 6) is -0.398. The van der Waals surface area contributed by atoms with Crippen LogP contribution in [0, 0.1) is 12.7 Å². The molecule has 1 aromatic carbocycles. The van der Waals surface area contributed by atoms with E-state index in [9.17, 15) is 14.3 Å². The molecule has 5 nitrogen and oxygen atoms in total. The van der Waals surface area contributed by atoms with Crippen LogP contribution in [0.3, 0.4) is 0 Å². The molecule has 2 N–H and O–H groups in total. The van der Waals surface area contributed by atoms with E-state index in [1.165, 1.54) is 25.1 Å². The van der Waals surface area contributed by atoms with Crippen LogP contribution in [0.1, 0.15) is 18.2 Å². The summed E-state index contributed by atoms with van der Waals surface area (Å²) in [6.45, 7) is 3.06. The van der Waals surface area contributed by atoms with Crippen LogP contribution in [0.25, 0.3) is 0 Å². The zero-order chi connectivity index (χ0) is 14.7. The molecular weight excluding hydrogens is 263 g/mol. The van der Waals surface area contributed by atoms with Gasteiger partial charge in [-0.15, -0.1) is 0 Å². The molecule has 0 aliphatic rings. The highest BCUT2D eigenvalue weighted by molar-refractivity contribution is 6.00. The van der Waals surface area contributed by atoms with Gasteiger partial charge in [0.05, 0.1) is 11.4 Å². The van der Waals surface area contributed by atoms with E-state index in [4.69, 9.17) is 4.42 Å². The van der Waals surface area contributed by atoms with Crippen molar-refractivity contribution in [3.63, 3.8) is 0 Å². The number of benzene rings is 1. The lowest BCUT2D eigenvalue weighted by molar-refractivity contribution is 0.432. The van der Waals surface area contributed by atoms with Crippen molar-refractivity contribution in [3.8, 4) is 5.75 Å². The van der Waals surface area contributed by atoms with Crippen molar-refractivity contribution in [2.75, 3.05) is 5.43 Å². The maximum atomic E-state index is 13.4. The van der Waals surface area contributed by atoms with Crippen LogP contribution in [0.2, 0.25) is 0 Å². The minimum Gasteiger partial charge on any atom is -0.507 e. The normalized spacial score (nSPS) is 11.4. The first kappa shape index (κ1) is 13.8. The maximum Gasteiger partial charge on any atom is 0.348 e. The van der Waals surface area contributed by atoms with Gasteiger partial charge in [0.15, 0.2) is 0 Å². The quantitative estimate of drug-likeness (QED) is 0.667. The van der Waals surface area contributed by atoms with Crippen LogP contribution >= 0.6 is 0 Å². The number of hydrazone groups is 1. The zero-order valence-corrected chi connectivity index (χ0v) is 11.0. The average molecular weight is 276 g/mol. The molecule has 0 saturated carbocycles. The highest BCUT2D eigenvalue weighted by Gasteiger charge is 2.13. The summed E-state index contributed by atoms with van der Waals surface area (Å²) in [4.78, 5) is 11.7. The minimum absolute atomic E-state index is 0.0561. The van der Waals surface area contributed by atoms with E-state index in [0.717, 1.165) is 0 Å². The van der Waals surface area contributed by atoms with E-state index in [-0.39, 0.29) is 22.7 Å². The Balaban J connectivity index is 2.33. The van der Waals surface area contributed by atoms with Gasteiger partial charge < -0.3 is 9.52 Å². The van der Waals surface area contributed by atoms with Gasteiger partial charge in [-0.1, -0.05) is 12.1 Å². The van der Waals surface area contributed by atoms with E-state index >= 15 is 0 Å². The topological polar surface area (TPSA) is 74.8 Å². The zero-order valence-electron chi connectivity index (χ0n) is 11.0. The molecule has 2 rings (SSSR count). The number of hydrogen-bond acceptors (Lipinski definition) is 5. The summed E-state index contributed by atoms with van der Waals surface area (Å²) >= 11 is 0. The molecule has 0 radical (unpaired) electrons. The second kappa shape index (κ2) is 5.56. The largest absolute Gasteiger partial charge is 0.507 e. The predicted molar refractivity (Wildman–Crippen MR) is 73.6 cm³/mol. The van der Waals surface area contributed by atoms with Crippen LogP contribution < -0.4 is 11.1 Å². The van der Waals surface area contributed by atoms with Crippen LogP contribution in [0.4, 0.5) is 10.1 Å². The SMILES string of the molecule is CC(=NNc1ccccc1F)c1c(O)cc(C)oc1=O. The molecule has 2 aromatic rings. The molecule has 1 aromatic heterocycles. The van der Waals surface area contributed by atoms with Gasteiger partial charge in [-0.25, -0.2) is 9.18 Å². The molecule has 1 heterocycles. The number of aryl methyl sites for hydroxylation is 1. The average Bonchev–Trinajstić information content (AvgIpc) is 2.36. The molecule has 104 valence electrons. The standard InChI is InChI=1S/C14H13FN2O3/c1-8-7-12(18)13(14(19)20-8)9(2)16-17-11-6-4-3-5-10(11)15/h3-7,17-18H,1-2H3. The van der Waals surface area contributed by atoms with E-state index in [0.29, 0.717) is 5.76 Å². The lowest BCUT2D eigenvalue weighted by Gasteiger charge is -2.05. The van der Waals surface area contributed by atoms with Gasteiger partial charge in [0.2, 0.25) is 0 Å². The van der Waals surface area contributed by atoms with Gasteiger partial charge in [-0.2, -0.15) is 5.10 Å². The highest BCUT2D eigenvalue weighted by Crippen LogP contribution is 2.16. The lowest BCUT2D eigenvalue weighted by atomic mass is 10.2. The molecule has 20 heavy (non-hydrogen) atoms. The van der Waals surface area contributed by atoms with E-state index in [1.807, 2.05) is 0 Å². The number of rotatable bonds is 3. The molecule has 0 amide bonds. The lowest BCUT2D eigenvalue weighted by Crippen LogP contribution is -2.14. The first-order chi connectivity index (χ1) is 9.49. The molecule has 0 fully saturated rings. The number of aromatic hydroxyl groups is 1. The fraction of sp³-hybridized carbons (Fsp3) is 0.143. The molecule has 6 heteroatoms. The van der Waals surface area contributed by atoms with Crippen LogP contribution in [-0.2, 0) is 0 Å². The van der Waals surface area contributed by atoms with Gasteiger partial charge in [0.1, 0.15) is 22.9 Å². The Labute approximate surface area is 114 Å². The number of nitrogens with one attached hydrogen (secondary N) is 1. The minimum atomic E-state index is -0.695. The Morgan fingerprint density at radius 1 is 1.40 bits per heavy atom. The summed E-state index contributed by atoms with van der Waals surface area (Å²) in [7, 11) is 0. The molecule has 0 bridgehead atoms. The van der Waals surface area contributed by atoms with Gasteiger partial charge in [0.25, 0.3) is 0 Å². The second-order valence-corrected chi connectivity index (χ2v) is 4.19. The first-order valence-electron chi connectivity index (χ1n) is 5.88. The van der Waals surface area contributed by atoms with E-state index in [2.05, 4.69) is 10.5 Å². The second-order valence-electron chi connectivity index (χ2n) is 4.19. The van der Waals surface area contributed by atoms with Crippen LogP contribution in [0.5, 0.6) is 5.75 Å². The third kappa shape index (κ3) is 2.85. The first-order valence-corrected chi connectivity index (χ1v) is 5.88. The Morgan fingerprint density at radius 3 is 2.75 bits per heavy atom. The molecule has 0 saturated heterocycles. The summed E-state index contributed by atoms with van der Waals surface area (Å²) < 4.78 is 18.3. The number of hydrogen-bond donors (Lipinski definition) is 2. The fourth-order valence-electron chi connectivity index (χ4n) is 1.68. The van der Waals surface area contributed by atoms with E-state index in [1.54, 1.807) is 19.1 Å². The number of anilines is 1. The summed E-state index contributed by atoms with van der Waals surface area (Å²) in [5.41, 5.74) is 2.11. The maximum absolute atomic E-state index is 13.4. The fourth-order valence-corrected chi connectivity index (χ4v) is 1.68. The van der Waals surface area contributed by atoms with Gasteiger partial charge in [-0.05, 0) is 26.0 Å². The number of para-hydroxylation sites is 1. The molecular formula is C14H13FN2O3. The smallest absolute Gasteiger partial charge is 0.348 e. The molecule has 0 spiro atoms. The van der Waals surface area contributed by atoms with Crippen molar-refractivity contribution in [2.45, 2.75) is 13.8 Å². The molecule has 0 atom stereocenters. The summed E-state index contributed by atoms with van der Waals surface area (Å²) in [6, 6.07) is 7.30. The Morgan fingerprint density at radius 2 is 2.10 bits per heavy atom. The number of halogens is 1. The molecule has 0 aliphatic carbocycles. The van der Waals surface area contributed by atoms with Crippen LogP contribution in [0.15, 0.2) is 44.6 Å². The third-order valence-corrected chi connectivity index (χ3v) is 2.63. The third-order valence-electron chi connectivity index (χ3n) is 2.63. The monoisotopic (exact) mass is 276 g/mol. The summed E-state index contributed by atoms with van der Waals surface area (Å²) in [5, 5.41) is 13.6. The Bertz CT molecular complexity index is 723. The molecule has 0 unspecified atom stereocenters.